The van der Waals surface area contributed by atoms with Crippen molar-refractivity contribution in [2.75, 3.05) is 13.1 Å². The van der Waals surface area contributed by atoms with Crippen molar-refractivity contribution in [2.24, 2.45) is 9.98 Å². The summed E-state index contributed by atoms with van der Waals surface area (Å²) in [4.78, 5) is 8.74. The molecule has 0 saturated heterocycles. The van der Waals surface area contributed by atoms with E-state index in [1.807, 2.05) is 13.8 Å². The van der Waals surface area contributed by atoms with Crippen LogP contribution < -0.4 is 18.4 Å². The zero-order chi connectivity index (χ0) is 13.7. The fraction of sp³-hybridized carbons (Fsp3) is 0.500. The standard InChI is InChI=1S/C12H18N2O2S2/c1-5-13-11-9(7(3)15)17-10(8(4)16)12(18-11)14-6-2/h15-16H,5-6H2,1-4H3/b9-7-,10-8-,13-11?,14-12?. The molecule has 0 aliphatic rings. The van der Waals surface area contributed by atoms with Crippen molar-refractivity contribution < 1.29 is 10.2 Å². The van der Waals surface area contributed by atoms with E-state index in [0.29, 0.717) is 22.2 Å². The van der Waals surface area contributed by atoms with Gasteiger partial charge in [-0.05, 0) is 27.7 Å². The molecule has 0 radical (unpaired) electrons. The van der Waals surface area contributed by atoms with Gasteiger partial charge in [0.25, 0.3) is 0 Å². The highest BCUT2D eigenvalue weighted by Gasteiger charge is 2.00. The maximum Gasteiger partial charge on any atom is 0.133 e. The Bertz CT molecular complexity index is 605. The van der Waals surface area contributed by atoms with E-state index in [-0.39, 0.29) is 11.5 Å². The number of rotatable bonds is 2. The molecular formula is C12H18N2O2S2. The molecule has 0 spiro atoms. The average molecular weight is 286 g/mol. The van der Waals surface area contributed by atoms with Gasteiger partial charge in [0.15, 0.2) is 0 Å². The first-order valence-corrected chi connectivity index (χ1v) is 7.39. The third-order valence-corrected chi connectivity index (χ3v) is 4.74. The number of nitrogens with zero attached hydrogens (tertiary/aromatic N) is 2. The fourth-order valence-electron chi connectivity index (χ4n) is 1.33. The third-order valence-electron chi connectivity index (χ3n) is 2.05. The van der Waals surface area contributed by atoms with E-state index >= 15 is 0 Å². The normalized spacial score (nSPS) is 16.9. The summed E-state index contributed by atoms with van der Waals surface area (Å²) in [5.74, 6) is 0.433. The molecule has 0 atom stereocenters. The molecule has 18 heavy (non-hydrogen) atoms. The zero-order valence-corrected chi connectivity index (χ0v) is 12.7. The van der Waals surface area contributed by atoms with Crippen LogP contribution in [0, 0.1) is 0 Å². The molecule has 0 saturated carbocycles. The first kappa shape index (κ1) is 14.9. The minimum absolute atomic E-state index is 0.217. The third kappa shape index (κ3) is 3.43. The minimum atomic E-state index is 0.217. The van der Waals surface area contributed by atoms with Crippen LogP contribution in [0.4, 0.5) is 0 Å². The molecule has 0 aromatic carbocycles. The maximum atomic E-state index is 9.71. The smallest absolute Gasteiger partial charge is 0.133 e. The highest BCUT2D eigenvalue weighted by Crippen LogP contribution is 1.86. The SMILES string of the molecule is CCN=c1sc(=NCC)/c(=C(\C)O)s/c1=C(/C)O. The van der Waals surface area contributed by atoms with Crippen molar-refractivity contribution >= 4 is 34.2 Å². The number of aliphatic hydroxyl groups excluding tert-OH is 2. The monoisotopic (exact) mass is 286 g/mol. The highest BCUT2D eigenvalue weighted by molar-refractivity contribution is 7.14. The van der Waals surface area contributed by atoms with Gasteiger partial charge in [0.05, 0.1) is 0 Å². The molecule has 0 unspecified atom stereocenters. The summed E-state index contributed by atoms with van der Waals surface area (Å²) in [7, 11) is 0. The van der Waals surface area contributed by atoms with E-state index in [0.717, 1.165) is 9.34 Å². The Balaban J connectivity index is 4.01. The van der Waals surface area contributed by atoms with Crippen LogP contribution >= 0.6 is 22.7 Å². The average Bonchev–Trinajstić information content (AvgIpc) is 2.29. The molecule has 1 rings (SSSR count). The lowest BCUT2D eigenvalue weighted by molar-refractivity contribution is 0.499. The van der Waals surface area contributed by atoms with Crippen molar-refractivity contribution in [2.45, 2.75) is 27.7 Å². The van der Waals surface area contributed by atoms with Crippen LogP contribution in [-0.2, 0) is 0 Å². The topological polar surface area (TPSA) is 65.2 Å². The van der Waals surface area contributed by atoms with E-state index in [9.17, 15) is 10.2 Å². The molecule has 1 aromatic heterocycles. The summed E-state index contributed by atoms with van der Waals surface area (Å²) >= 11 is 2.72. The fourth-order valence-corrected chi connectivity index (χ4v) is 3.68. The number of aliphatic hydroxyl groups is 2. The molecular weight excluding hydrogens is 268 g/mol. The van der Waals surface area contributed by atoms with Gasteiger partial charge in [0.2, 0.25) is 0 Å². The van der Waals surface area contributed by atoms with Crippen LogP contribution in [0.2, 0.25) is 0 Å². The van der Waals surface area contributed by atoms with Crippen LogP contribution in [0.3, 0.4) is 0 Å². The second kappa shape index (κ2) is 6.70. The second-order valence-electron chi connectivity index (χ2n) is 3.59. The predicted octanol–water partition coefficient (Wildman–Crippen LogP) is 1.02. The van der Waals surface area contributed by atoms with Gasteiger partial charge in [-0.3, -0.25) is 9.98 Å². The molecule has 1 heterocycles. The lowest BCUT2D eigenvalue weighted by Crippen LogP contribution is -2.35. The van der Waals surface area contributed by atoms with Crippen LogP contribution in [0.1, 0.15) is 27.7 Å². The molecule has 0 amide bonds. The summed E-state index contributed by atoms with van der Waals surface area (Å²) in [5.41, 5.74) is 0. The van der Waals surface area contributed by atoms with E-state index < -0.39 is 0 Å². The van der Waals surface area contributed by atoms with Crippen LogP contribution in [0.15, 0.2) is 9.98 Å². The number of hydrogen-bond acceptors (Lipinski definition) is 6. The van der Waals surface area contributed by atoms with E-state index in [4.69, 9.17) is 0 Å². The van der Waals surface area contributed by atoms with Crippen molar-refractivity contribution in [1.29, 1.82) is 0 Å². The Hall–Kier alpha value is -1.14. The molecule has 0 bridgehead atoms. The van der Waals surface area contributed by atoms with Crippen LogP contribution in [-0.4, -0.2) is 23.3 Å². The summed E-state index contributed by atoms with van der Waals surface area (Å²) in [6.07, 6.45) is 0. The largest absolute Gasteiger partial charge is 0.511 e. The Kier molecular flexibility index (Phi) is 5.55. The van der Waals surface area contributed by atoms with E-state index in [1.54, 1.807) is 13.8 Å². The van der Waals surface area contributed by atoms with E-state index in [1.165, 1.54) is 22.7 Å². The molecule has 4 nitrogen and oxygen atoms in total. The molecule has 0 aliphatic heterocycles. The van der Waals surface area contributed by atoms with Gasteiger partial charge in [-0.2, -0.15) is 0 Å². The maximum absolute atomic E-state index is 9.71. The van der Waals surface area contributed by atoms with Crippen LogP contribution in [0.5, 0.6) is 0 Å². The molecule has 0 aliphatic carbocycles. The van der Waals surface area contributed by atoms with E-state index in [2.05, 4.69) is 9.98 Å². The Morgan fingerprint density at radius 3 is 1.56 bits per heavy atom. The zero-order valence-electron chi connectivity index (χ0n) is 11.0. The van der Waals surface area contributed by atoms with Crippen LogP contribution in [0.25, 0.3) is 11.5 Å². The summed E-state index contributed by atoms with van der Waals surface area (Å²) in [6.45, 7) is 8.44. The van der Waals surface area contributed by atoms with Crippen molar-refractivity contribution in [1.82, 2.24) is 0 Å². The van der Waals surface area contributed by atoms with Crippen molar-refractivity contribution in [3.05, 3.63) is 18.4 Å². The first-order valence-electron chi connectivity index (χ1n) is 5.76. The molecule has 6 heteroatoms. The van der Waals surface area contributed by atoms with Gasteiger partial charge in [-0.25, -0.2) is 0 Å². The molecule has 1 aromatic rings. The lowest BCUT2D eigenvalue weighted by Gasteiger charge is -1.96. The van der Waals surface area contributed by atoms with Crippen molar-refractivity contribution in [3.8, 4) is 0 Å². The molecule has 0 fully saturated rings. The van der Waals surface area contributed by atoms with Gasteiger partial charge in [-0.1, -0.05) is 11.3 Å². The van der Waals surface area contributed by atoms with Gasteiger partial charge in [0.1, 0.15) is 29.9 Å². The highest BCUT2D eigenvalue weighted by atomic mass is 32.1. The molecule has 100 valence electrons. The lowest BCUT2D eigenvalue weighted by atomic mass is 10.5. The summed E-state index contributed by atoms with van der Waals surface area (Å²) in [5, 5.41) is 19.4. The van der Waals surface area contributed by atoms with Gasteiger partial charge in [0, 0.05) is 13.1 Å². The Morgan fingerprint density at radius 1 is 0.889 bits per heavy atom. The summed E-state index contributed by atoms with van der Waals surface area (Å²) in [6, 6.07) is 0. The Morgan fingerprint density at radius 2 is 1.28 bits per heavy atom. The quantitative estimate of drug-likeness (QED) is 0.852. The molecule has 2 N–H and O–H groups in total. The summed E-state index contributed by atoms with van der Waals surface area (Å²) < 4.78 is 2.92. The van der Waals surface area contributed by atoms with Gasteiger partial charge >= 0.3 is 0 Å². The predicted molar refractivity (Wildman–Crippen MR) is 77.1 cm³/mol. The number of hydrogen-bond donors (Lipinski definition) is 2. The second-order valence-corrected chi connectivity index (χ2v) is 5.59. The van der Waals surface area contributed by atoms with Gasteiger partial charge < -0.3 is 10.2 Å². The first-order chi connectivity index (χ1) is 8.51. The Labute approximate surface area is 114 Å². The van der Waals surface area contributed by atoms with Crippen molar-refractivity contribution in [3.63, 3.8) is 0 Å². The van der Waals surface area contributed by atoms with Gasteiger partial charge in [-0.15, -0.1) is 11.3 Å². The minimum Gasteiger partial charge on any atom is -0.511 e.